The van der Waals surface area contributed by atoms with Gasteiger partial charge in [0.1, 0.15) is 6.10 Å². The van der Waals surface area contributed by atoms with E-state index in [1.807, 2.05) is 0 Å². The zero-order chi connectivity index (χ0) is 14.6. The lowest BCUT2D eigenvalue weighted by Crippen LogP contribution is -2.18. The highest BCUT2D eigenvalue weighted by Gasteiger charge is 2.26. The summed E-state index contributed by atoms with van der Waals surface area (Å²) in [5, 5.41) is 12.5. The predicted octanol–water partition coefficient (Wildman–Crippen LogP) is 2.81. The normalized spacial score (nSPS) is 17.7. The first-order chi connectivity index (χ1) is 9.77. The number of oxime groups is 1. The van der Waals surface area contributed by atoms with Gasteiger partial charge < -0.3 is 14.7 Å². The van der Waals surface area contributed by atoms with E-state index in [4.69, 9.17) is 14.7 Å². The van der Waals surface area contributed by atoms with Gasteiger partial charge in [0, 0.05) is 13.0 Å². The number of esters is 1. The molecular weight excluding hydrogens is 258 g/mol. The second-order valence-corrected chi connectivity index (χ2v) is 5.18. The van der Waals surface area contributed by atoms with Crippen LogP contribution in [0.5, 0.6) is 0 Å². The molecule has 0 saturated heterocycles. The minimum absolute atomic E-state index is 0.0452. The molecule has 0 amide bonds. The largest absolute Gasteiger partial charge is 0.461 e. The maximum Gasteiger partial charge on any atom is 0.356 e. The number of aliphatic hydroxyl groups is 1. The van der Waals surface area contributed by atoms with Gasteiger partial charge in [-0.05, 0) is 26.2 Å². The monoisotopic (exact) mass is 285 g/mol. The molecule has 0 fully saturated rings. The molecule has 20 heavy (non-hydrogen) atoms. The molecule has 1 aliphatic heterocycles. The van der Waals surface area contributed by atoms with Crippen LogP contribution in [0.4, 0.5) is 0 Å². The molecule has 0 aromatic heterocycles. The third-order valence-electron chi connectivity index (χ3n) is 3.43. The van der Waals surface area contributed by atoms with Gasteiger partial charge in [-0.2, -0.15) is 0 Å². The highest BCUT2D eigenvalue weighted by atomic mass is 16.6. The molecule has 5 heteroatoms. The van der Waals surface area contributed by atoms with Crippen LogP contribution in [-0.2, 0) is 14.4 Å². The molecule has 1 rings (SSSR count). The minimum Gasteiger partial charge on any atom is -0.461 e. The topological polar surface area (TPSA) is 68.1 Å². The van der Waals surface area contributed by atoms with Crippen LogP contribution in [-0.4, -0.2) is 36.1 Å². The summed E-state index contributed by atoms with van der Waals surface area (Å²) in [5.74, 6) is -0.348. The summed E-state index contributed by atoms with van der Waals surface area (Å²) in [7, 11) is 0. The van der Waals surface area contributed by atoms with Gasteiger partial charge in [-0.15, -0.1) is 0 Å². The van der Waals surface area contributed by atoms with Crippen LogP contribution in [0, 0.1) is 0 Å². The average Bonchev–Trinajstić information content (AvgIpc) is 2.91. The van der Waals surface area contributed by atoms with E-state index in [-0.39, 0.29) is 12.1 Å². The number of ether oxygens (including phenoxy) is 1. The zero-order valence-electron chi connectivity index (χ0n) is 12.5. The van der Waals surface area contributed by atoms with Crippen molar-refractivity contribution in [1.29, 1.82) is 0 Å². The Morgan fingerprint density at radius 2 is 1.90 bits per heavy atom. The van der Waals surface area contributed by atoms with Crippen molar-refractivity contribution in [2.24, 2.45) is 5.16 Å². The molecule has 1 unspecified atom stereocenters. The van der Waals surface area contributed by atoms with Gasteiger partial charge >= 0.3 is 5.97 Å². The van der Waals surface area contributed by atoms with Crippen molar-refractivity contribution >= 4 is 11.7 Å². The van der Waals surface area contributed by atoms with Crippen molar-refractivity contribution in [3.63, 3.8) is 0 Å². The fourth-order valence-corrected chi connectivity index (χ4v) is 2.29. The summed E-state index contributed by atoms with van der Waals surface area (Å²) in [6.07, 6.45) is 9.57. The smallest absolute Gasteiger partial charge is 0.356 e. The highest BCUT2D eigenvalue weighted by molar-refractivity contribution is 6.36. The SMILES string of the molecule is CCOC(=O)C1=NOC(CCCCCCCCCO)C1. The summed E-state index contributed by atoms with van der Waals surface area (Å²) in [4.78, 5) is 16.7. The van der Waals surface area contributed by atoms with Crippen molar-refractivity contribution in [2.45, 2.75) is 70.8 Å². The molecule has 0 aromatic carbocycles. The maximum absolute atomic E-state index is 11.4. The van der Waals surface area contributed by atoms with Gasteiger partial charge in [0.15, 0.2) is 5.71 Å². The van der Waals surface area contributed by atoms with Crippen molar-refractivity contribution in [2.75, 3.05) is 13.2 Å². The number of nitrogens with zero attached hydrogens (tertiary/aromatic N) is 1. The number of aliphatic hydroxyl groups excluding tert-OH is 1. The van der Waals surface area contributed by atoms with Crippen LogP contribution >= 0.6 is 0 Å². The van der Waals surface area contributed by atoms with Crippen LogP contribution in [0.25, 0.3) is 0 Å². The molecular formula is C15H27NO4. The van der Waals surface area contributed by atoms with E-state index in [1.54, 1.807) is 6.92 Å². The molecule has 1 N–H and O–H groups in total. The Hall–Kier alpha value is -1.10. The van der Waals surface area contributed by atoms with E-state index in [0.29, 0.717) is 25.3 Å². The van der Waals surface area contributed by atoms with Crippen LogP contribution in [0.15, 0.2) is 5.16 Å². The molecule has 1 atom stereocenters. The third kappa shape index (κ3) is 6.89. The average molecular weight is 285 g/mol. The Labute approximate surface area is 121 Å². The number of carbonyl (C=O) groups is 1. The number of hydrogen-bond acceptors (Lipinski definition) is 5. The molecule has 1 aliphatic rings. The Morgan fingerprint density at radius 1 is 1.25 bits per heavy atom. The van der Waals surface area contributed by atoms with E-state index in [9.17, 15) is 4.79 Å². The zero-order valence-corrected chi connectivity index (χ0v) is 12.5. The minimum atomic E-state index is -0.348. The number of rotatable bonds is 11. The van der Waals surface area contributed by atoms with Crippen LogP contribution in [0.2, 0.25) is 0 Å². The van der Waals surface area contributed by atoms with Gasteiger partial charge in [0.05, 0.1) is 6.61 Å². The molecule has 0 bridgehead atoms. The quantitative estimate of drug-likeness (QED) is 0.468. The molecule has 1 heterocycles. The third-order valence-corrected chi connectivity index (χ3v) is 3.43. The maximum atomic E-state index is 11.4. The number of unbranched alkanes of at least 4 members (excludes halogenated alkanes) is 6. The molecule has 0 saturated carbocycles. The molecule has 0 radical (unpaired) electrons. The van der Waals surface area contributed by atoms with Gasteiger partial charge in [-0.25, -0.2) is 4.79 Å². The van der Waals surface area contributed by atoms with Crippen LogP contribution < -0.4 is 0 Å². The van der Waals surface area contributed by atoms with Gasteiger partial charge in [0.2, 0.25) is 0 Å². The van der Waals surface area contributed by atoms with E-state index < -0.39 is 0 Å². The van der Waals surface area contributed by atoms with Crippen LogP contribution in [0.1, 0.15) is 64.7 Å². The molecule has 0 spiro atoms. The summed E-state index contributed by atoms with van der Waals surface area (Å²) in [5.41, 5.74) is 0.417. The van der Waals surface area contributed by atoms with Gasteiger partial charge in [-0.3, -0.25) is 0 Å². The summed E-state index contributed by atoms with van der Waals surface area (Å²) in [6, 6.07) is 0. The Morgan fingerprint density at radius 3 is 2.55 bits per heavy atom. The lowest BCUT2D eigenvalue weighted by atomic mass is 10.0. The number of hydrogen-bond donors (Lipinski definition) is 1. The van der Waals surface area contributed by atoms with Crippen molar-refractivity contribution in [3.8, 4) is 0 Å². The van der Waals surface area contributed by atoms with E-state index >= 15 is 0 Å². The van der Waals surface area contributed by atoms with E-state index in [0.717, 1.165) is 25.7 Å². The predicted molar refractivity (Wildman–Crippen MR) is 77.6 cm³/mol. The number of carbonyl (C=O) groups excluding carboxylic acids is 1. The summed E-state index contributed by atoms with van der Waals surface area (Å²) >= 11 is 0. The van der Waals surface area contributed by atoms with Crippen molar-refractivity contribution < 1.29 is 19.5 Å². The Bertz CT molecular complexity index is 304. The molecule has 0 aliphatic carbocycles. The second kappa shape index (κ2) is 10.7. The lowest BCUT2D eigenvalue weighted by molar-refractivity contribution is -0.135. The van der Waals surface area contributed by atoms with E-state index in [1.165, 1.54) is 25.7 Å². The molecule has 0 aromatic rings. The van der Waals surface area contributed by atoms with Gasteiger partial charge in [0.25, 0.3) is 0 Å². The van der Waals surface area contributed by atoms with Crippen molar-refractivity contribution in [3.05, 3.63) is 0 Å². The van der Waals surface area contributed by atoms with E-state index in [2.05, 4.69) is 5.16 Å². The Balaban J connectivity index is 1.96. The Kier molecular flexibility index (Phi) is 9.04. The fraction of sp³-hybridized carbons (Fsp3) is 0.867. The second-order valence-electron chi connectivity index (χ2n) is 5.18. The highest BCUT2D eigenvalue weighted by Crippen LogP contribution is 2.18. The fourth-order valence-electron chi connectivity index (χ4n) is 2.29. The molecule has 5 nitrogen and oxygen atoms in total. The first kappa shape index (κ1) is 17.0. The summed E-state index contributed by atoms with van der Waals surface area (Å²) < 4.78 is 4.90. The van der Waals surface area contributed by atoms with Crippen LogP contribution in [0.3, 0.4) is 0 Å². The standard InChI is InChI=1S/C15H27NO4/c1-2-19-15(18)14-12-13(20-16-14)10-8-6-4-3-5-7-9-11-17/h13,17H,2-12H2,1H3. The van der Waals surface area contributed by atoms with Crippen molar-refractivity contribution in [1.82, 2.24) is 0 Å². The summed E-state index contributed by atoms with van der Waals surface area (Å²) in [6.45, 7) is 2.47. The first-order valence-electron chi connectivity index (χ1n) is 7.78. The molecule has 116 valence electrons. The first-order valence-corrected chi connectivity index (χ1v) is 7.78. The van der Waals surface area contributed by atoms with Gasteiger partial charge in [-0.1, -0.05) is 37.3 Å². The lowest BCUT2D eigenvalue weighted by Gasteiger charge is -2.07.